The molecular formula is C17H27NO. The van der Waals surface area contributed by atoms with Gasteiger partial charge in [0.25, 0.3) is 0 Å². The molecule has 19 heavy (non-hydrogen) atoms. The van der Waals surface area contributed by atoms with Crippen LogP contribution in [0.5, 0.6) is 5.75 Å². The van der Waals surface area contributed by atoms with Crippen molar-refractivity contribution in [3.05, 3.63) is 29.8 Å². The smallest absolute Gasteiger partial charge is 0.115 e. The molecule has 0 aliphatic heterocycles. The number of benzene rings is 1. The molecule has 0 saturated heterocycles. The number of phenols is 1. The van der Waals surface area contributed by atoms with Gasteiger partial charge in [0.15, 0.2) is 0 Å². The summed E-state index contributed by atoms with van der Waals surface area (Å²) >= 11 is 0. The van der Waals surface area contributed by atoms with Crippen LogP contribution in [0.3, 0.4) is 0 Å². The number of nitrogens with one attached hydrogen (secondary N) is 1. The van der Waals surface area contributed by atoms with E-state index >= 15 is 0 Å². The maximum atomic E-state index is 9.31. The molecular weight excluding hydrogens is 234 g/mol. The third kappa shape index (κ3) is 4.54. The first-order valence-corrected chi connectivity index (χ1v) is 7.81. The molecule has 2 heteroatoms. The van der Waals surface area contributed by atoms with Gasteiger partial charge in [0.1, 0.15) is 5.75 Å². The monoisotopic (exact) mass is 261 g/mol. The Morgan fingerprint density at radius 2 is 1.89 bits per heavy atom. The molecule has 0 spiro atoms. The molecule has 0 radical (unpaired) electrons. The lowest BCUT2D eigenvalue weighted by Gasteiger charge is -2.25. The zero-order valence-electron chi connectivity index (χ0n) is 12.1. The summed E-state index contributed by atoms with van der Waals surface area (Å²) in [4.78, 5) is 0. The van der Waals surface area contributed by atoms with E-state index in [1.54, 1.807) is 12.1 Å². The molecule has 1 unspecified atom stereocenters. The fraction of sp³-hybridized carbons (Fsp3) is 0.647. The van der Waals surface area contributed by atoms with Gasteiger partial charge in [0.05, 0.1) is 0 Å². The summed E-state index contributed by atoms with van der Waals surface area (Å²) < 4.78 is 0. The zero-order chi connectivity index (χ0) is 13.5. The Bertz CT molecular complexity index is 354. The molecule has 1 saturated carbocycles. The Morgan fingerprint density at radius 1 is 1.21 bits per heavy atom. The van der Waals surface area contributed by atoms with E-state index in [2.05, 4.69) is 12.2 Å². The van der Waals surface area contributed by atoms with E-state index in [4.69, 9.17) is 0 Å². The number of phenolic OH excluding ortho intramolecular Hbond substituents is 1. The zero-order valence-corrected chi connectivity index (χ0v) is 12.1. The van der Waals surface area contributed by atoms with Crippen molar-refractivity contribution in [2.45, 2.75) is 57.9 Å². The van der Waals surface area contributed by atoms with Crippen LogP contribution >= 0.6 is 0 Å². The summed E-state index contributed by atoms with van der Waals surface area (Å²) in [6.07, 6.45) is 9.16. The molecule has 0 aromatic heterocycles. The van der Waals surface area contributed by atoms with Gasteiger partial charge in [-0.2, -0.15) is 0 Å². The van der Waals surface area contributed by atoms with Crippen LogP contribution in [0.4, 0.5) is 0 Å². The molecule has 1 aromatic carbocycles. The maximum absolute atomic E-state index is 9.31. The van der Waals surface area contributed by atoms with Crippen molar-refractivity contribution in [2.24, 2.45) is 5.92 Å². The fourth-order valence-electron chi connectivity index (χ4n) is 3.18. The lowest BCUT2D eigenvalue weighted by atomic mass is 9.92. The number of aromatic hydroxyl groups is 1. The second-order valence-corrected chi connectivity index (χ2v) is 5.81. The van der Waals surface area contributed by atoms with Gasteiger partial charge in [-0.05, 0) is 62.3 Å². The third-order valence-corrected chi connectivity index (χ3v) is 4.31. The van der Waals surface area contributed by atoms with Gasteiger partial charge in [-0.25, -0.2) is 0 Å². The molecule has 2 N–H and O–H groups in total. The van der Waals surface area contributed by atoms with Crippen LogP contribution in [-0.4, -0.2) is 17.7 Å². The molecule has 1 atom stereocenters. The SMILES string of the molecule is CCCNC(CCc1ccc(O)cc1)C1CCCC1. The third-order valence-electron chi connectivity index (χ3n) is 4.31. The van der Waals surface area contributed by atoms with Crippen molar-refractivity contribution in [1.82, 2.24) is 5.32 Å². The second kappa shape index (κ2) is 7.54. The summed E-state index contributed by atoms with van der Waals surface area (Å²) in [7, 11) is 0. The predicted molar refractivity (Wildman–Crippen MR) is 80.5 cm³/mol. The standard InChI is InChI=1S/C17H27NO/c1-2-13-18-17(15-5-3-4-6-15)12-9-14-7-10-16(19)11-8-14/h7-8,10-11,15,17-19H,2-6,9,12-13H2,1H3. The minimum Gasteiger partial charge on any atom is -0.508 e. The van der Waals surface area contributed by atoms with Crippen LogP contribution < -0.4 is 5.32 Å². The lowest BCUT2D eigenvalue weighted by molar-refractivity contribution is 0.341. The van der Waals surface area contributed by atoms with E-state index in [1.165, 1.54) is 44.1 Å². The first-order chi connectivity index (χ1) is 9.29. The van der Waals surface area contributed by atoms with Crippen molar-refractivity contribution in [3.8, 4) is 5.75 Å². The molecule has 2 rings (SSSR count). The van der Waals surface area contributed by atoms with Crippen LogP contribution in [0, 0.1) is 5.92 Å². The molecule has 1 fully saturated rings. The average molecular weight is 261 g/mol. The van der Waals surface area contributed by atoms with Crippen molar-refractivity contribution in [3.63, 3.8) is 0 Å². The maximum Gasteiger partial charge on any atom is 0.115 e. The molecule has 1 aliphatic rings. The van der Waals surface area contributed by atoms with E-state index in [-0.39, 0.29) is 0 Å². The van der Waals surface area contributed by atoms with Crippen LogP contribution in [0.1, 0.15) is 51.0 Å². The summed E-state index contributed by atoms with van der Waals surface area (Å²) in [6.45, 7) is 3.37. The van der Waals surface area contributed by atoms with Crippen molar-refractivity contribution >= 4 is 0 Å². The molecule has 1 aliphatic carbocycles. The highest BCUT2D eigenvalue weighted by Crippen LogP contribution is 2.29. The minimum absolute atomic E-state index is 0.361. The largest absolute Gasteiger partial charge is 0.508 e. The molecule has 0 amide bonds. The van der Waals surface area contributed by atoms with Gasteiger partial charge in [0, 0.05) is 6.04 Å². The number of rotatable bonds is 7. The van der Waals surface area contributed by atoms with Crippen LogP contribution in [0.2, 0.25) is 0 Å². The highest BCUT2D eigenvalue weighted by atomic mass is 16.3. The van der Waals surface area contributed by atoms with Gasteiger partial charge >= 0.3 is 0 Å². The first-order valence-electron chi connectivity index (χ1n) is 7.81. The van der Waals surface area contributed by atoms with E-state index in [0.29, 0.717) is 11.8 Å². The van der Waals surface area contributed by atoms with E-state index in [1.807, 2.05) is 12.1 Å². The Labute approximate surface area is 117 Å². The molecule has 1 aromatic rings. The Kier molecular flexibility index (Phi) is 5.71. The lowest BCUT2D eigenvalue weighted by Crippen LogP contribution is -2.36. The van der Waals surface area contributed by atoms with Crippen LogP contribution in [0.25, 0.3) is 0 Å². The highest BCUT2D eigenvalue weighted by Gasteiger charge is 2.23. The highest BCUT2D eigenvalue weighted by molar-refractivity contribution is 5.25. The number of hydrogen-bond donors (Lipinski definition) is 2. The van der Waals surface area contributed by atoms with Gasteiger partial charge in [0.2, 0.25) is 0 Å². The molecule has 0 heterocycles. The van der Waals surface area contributed by atoms with Crippen molar-refractivity contribution in [2.75, 3.05) is 6.54 Å². The van der Waals surface area contributed by atoms with Crippen LogP contribution in [0.15, 0.2) is 24.3 Å². The van der Waals surface area contributed by atoms with Gasteiger partial charge < -0.3 is 10.4 Å². The normalized spacial score (nSPS) is 17.7. The second-order valence-electron chi connectivity index (χ2n) is 5.81. The average Bonchev–Trinajstić information content (AvgIpc) is 2.95. The summed E-state index contributed by atoms with van der Waals surface area (Å²) in [5.41, 5.74) is 1.33. The van der Waals surface area contributed by atoms with Crippen LogP contribution in [-0.2, 0) is 6.42 Å². The Balaban J connectivity index is 1.86. The number of hydrogen-bond acceptors (Lipinski definition) is 2. The molecule has 0 bridgehead atoms. The van der Waals surface area contributed by atoms with E-state index in [0.717, 1.165) is 18.9 Å². The quantitative estimate of drug-likeness (QED) is 0.780. The van der Waals surface area contributed by atoms with Crippen molar-refractivity contribution in [1.29, 1.82) is 0 Å². The van der Waals surface area contributed by atoms with E-state index < -0.39 is 0 Å². The summed E-state index contributed by atoms with van der Waals surface area (Å²) in [5, 5.41) is 13.1. The fourth-order valence-corrected chi connectivity index (χ4v) is 3.18. The Hall–Kier alpha value is -1.02. The molecule has 106 valence electrons. The predicted octanol–water partition coefficient (Wildman–Crippen LogP) is 3.88. The van der Waals surface area contributed by atoms with E-state index in [9.17, 15) is 5.11 Å². The first kappa shape index (κ1) is 14.4. The summed E-state index contributed by atoms with van der Waals surface area (Å²) in [5.74, 6) is 1.24. The number of aryl methyl sites for hydroxylation is 1. The van der Waals surface area contributed by atoms with Gasteiger partial charge in [-0.15, -0.1) is 0 Å². The van der Waals surface area contributed by atoms with Gasteiger partial charge in [-0.3, -0.25) is 0 Å². The topological polar surface area (TPSA) is 32.3 Å². The molecule has 2 nitrogen and oxygen atoms in total. The Morgan fingerprint density at radius 3 is 2.53 bits per heavy atom. The van der Waals surface area contributed by atoms with Gasteiger partial charge in [-0.1, -0.05) is 31.9 Å². The summed E-state index contributed by atoms with van der Waals surface area (Å²) in [6, 6.07) is 8.34. The minimum atomic E-state index is 0.361. The van der Waals surface area contributed by atoms with Crippen molar-refractivity contribution < 1.29 is 5.11 Å².